The van der Waals surface area contributed by atoms with Crippen LogP contribution < -0.4 is 8.92 Å². The van der Waals surface area contributed by atoms with Gasteiger partial charge in [0.1, 0.15) is 23.1 Å². The second-order valence-electron chi connectivity index (χ2n) is 4.09. The fraction of sp³-hybridized carbons (Fsp3) is 0.143. The molecule has 0 aliphatic carbocycles. The summed E-state index contributed by atoms with van der Waals surface area (Å²) >= 11 is 0. The van der Waals surface area contributed by atoms with E-state index in [1.807, 2.05) is 0 Å². The maximum Gasteiger partial charge on any atom is 0.313 e. The fourth-order valence-electron chi connectivity index (χ4n) is 1.59. The highest BCUT2D eigenvalue weighted by atomic mass is 32.2. The number of methoxy groups -OCH3 is 1. The second-order valence-corrected chi connectivity index (χ2v) is 5.66. The Bertz CT molecular complexity index is 663. The highest BCUT2D eigenvalue weighted by Gasteiger charge is 2.14. The molecule has 20 heavy (non-hydrogen) atoms. The number of halogens is 1. The molecule has 0 radical (unpaired) electrons. The van der Waals surface area contributed by atoms with Crippen LogP contribution in [0.1, 0.15) is 5.56 Å². The van der Waals surface area contributed by atoms with Crippen molar-refractivity contribution < 1.29 is 21.7 Å². The van der Waals surface area contributed by atoms with Gasteiger partial charge < -0.3 is 8.92 Å². The van der Waals surface area contributed by atoms with Crippen LogP contribution in [0, 0.1) is 5.82 Å². The molecule has 2 rings (SSSR count). The van der Waals surface area contributed by atoms with Crippen molar-refractivity contribution in [3.05, 3.63) is 59.9 Å². The lowest BCUT2D eigenvalue weighted by atomic mass is 10.2. The van der Waals surface area contributed by atoms with Crippen LogP contribution in [0.25, 0.3) is 0 Å². The van der Waals surface area contributed by atoms with E-state index < -0.39 is 15.9 Å². The predicted octanol–water partition coefficient (Wildman–Crippen LogP) is 2.74. The maximum absolute atomic E-state index is 12.7. The van der Waals surface area contributed by atoms with Gasteiger partial charge in [-0.2, -0.15) is 8.42 Å². The summed E-state index contributed by atoms with van der Waals surface area (Å²) < 4.78 is 46.4. The molecule has 0 saturated heterocycles. The minimum absolute atomic E-state index is 0.202. The van der Waals surface area contributed by atoms with Crippen molar-refractivity contribution in [3.63, 3.8) is 0 Å². The summed E-state index contributed by atoms with van der Waals surface area (Å²) in [4.78, 5) is 0. The number of rotatable bonds is 5. The van der Waals surface area contributed by atoms with Gasteiger partial charge in [-0.3, -0.25) is 0 Å². The standard InChI is InChI=1S/C14H13FO4S/c1-18-13-6-8-14(9-7-13)19-20(16,17)10-11-2-4-12(15)5-3-11/h2-9H,10H2,1H3. The van der Waals surface area contributed by atoms with Crippen molar-refractivity contribution in [2.45, 2.75) is 5.75 Å². The normalized spacial score (nSPS) is 11.1. The monoisotopic (exact) mass is 296 g/mol. The molecular formula is C14H13FO4S. The summed E-state index contributed by atoms with van der Waals surface area (Å²) in [5.74, 6) is 0.0719. The number of hydrogen-bond acceptors (Lipinski definition) is 4. The Morgan fingerprint density at radius 2 is 1.50 bits per heavy atom. The van der Waals surface area contributed by atoms with Crippen molar-refractivity contribution in [2.75, 3.05) is 7.11 Å². The lowest BCUT2D eigenvalue weighted by molar-refractivity contribution is 0.413. The van der Waals surface area contributed by atoms with E-state index in [4.69, 9.17) is 8.92 Å². The Morgan fingerprint density at radius 1 is 0.950 bits per heavy atom. The van der Waals surface area contributed by atoms with E-state index in [-0.39, 0.29) is 11.5 Å². The van der Waals surface area contributed by atoms with Gasteiger partial charge in [-0.05, 0) is 42.0 Å². The van der Waals surface area contributed by atoms with Crippen LogP contribution in [0.15, 0.2) is 48.5 Å². The highest BCUT2D eigenvalue weighted by Crippen LogP contribution is 2.20. The van der Waals surface area contributed by atoms with Gasteiger partial charge in [0.05, 0.1) is 7.11 Å². The average Bonchev–Trinajstić information content (AvgIpc) is 2.41. The van der Waals surface area contributed by atoms with Gasteiger partial charge in [0.2, 0.25) is 0 Å². The van der Waals surface area contributed by atoms with Crippen molar-refractivity contribution in [1.29, 1.82) is 0 Å². The quantitative estimate of drug-likeness (QED) is 0.796. The Morgan fingerprint density at radius 3 is 2.05 bits per heavy atom. The van der Waals surface area contributed by atoms with Crippen LogP contribution in [0.5, 0.6) is 11.5 Å². The minimum atomic E-state index is -3.78. The summed E-state index contributed by atoms with van der Waals surface area (Å²) in [7, 11) is -2.27. The molecule has 0 heterocycles. The molecule has 0 N–H and O–H groups in total. The third-order valence-corrected chi connectivity index (χ3v) is 3.67. The van der Waals surface area contributed by atoms with E-state index in [2.05, 4.69) is 0 Å². The Hall–Kier alpha value is -2.08. The van der Waals surface area contributed by atoms with Gasteiger partial charge in [-0.15, -0.1) is 0 Å². The van der Waals surface area contributed by atoms with Crippen molar-refractivity contribution >= 4 is 10.1 Å². The molecule has 0 atom stereocenters. The zero-order valence-corrected chi connectivity index (χ0v) is 11.6. The first kappa shape index (κ1) is 14.3. The Kier molecular flexibility index (Phi) is 4.24. The zero-order valence-electron chi connectivity index (χ0n) is 10.7. The minimum Gasteiger partial charge on any atom is -0.497 e. The smallest absolute Gasteiger partial charge is 0.313 e. The van der Waals surface area contributed by atoms with Crippen LogP contribution in [0.3, 0.4) is 0 Å². The molecule has 0 aliphatic heterocycles. The zero-order chi connectivity index (χ0) is 14.6. The van der Waals surface area contributed by atoms with Gasteiger partial charge in [-0.25, -0.2) is 4.39 Å². The molecular weight excluding hydrogens is 283 g/mol. The van der Waals surface area contributed by atoms with Gasteiger partial charge in [0, 0.05) is 0 Å². The third-order valence-electron chi connectivity index (χ3n) is 2.54. The lowest BCUT2D eigenvalue weighted by Crippen LogP contribution is -2.12. The molecule has 0 aliphatic rings. The second kappa shape index (κ2) is 5.92. The van der Waals surface area contributed by atoms with Gasteiger partial charge in [-0.1, -0.05) is 12.1 Å². The number of benzene rings is 2. The van der Waals surface area contributed by atoms with E-state index in [0.29, 0.717) is 11.3 Å². The van der Waals surface area contributed by atoms with Gasteiger partial charge >= 0.3 is 10.1 Å². The largest absolute Gasteiger partial charge is 0.497 e. The molecule has 6 heteroatoms. The van der Waals surface area contributed by atoms with Crippen LogP contribution in [-0.4, -0.2) is 15.5 Å². The highest BCUT2D eigenvalue weighted by molar-refractivity contribution is 7.86. The summed E-state index contributed by atoms with van der Waals surface area (Å²) in [5.41, 5.74) is 0.458. The maximum atomic E-state index is 12.7. The van der Waals surface area contributed by atoms with Gasteiger partial charge in [0.15, 0.2) is 0 Å². The average molecular weight is 296 g/mol. The predicted molar refractivity (Wildman–Crippen MR) is 72.6 cm³/mol. The van der Waals surface area contributed by atoms with Crippen LogP contribution in [0.2, 0.25) is 0 Å². The molecule has 0 spiro atoms. The first-order chi connectivity index (χ1) is 9.48. The first-order valence-corrected chi connectivity index (χ1v) is 7.37. The topological polar surface area (TPSA) is 52.6 Å². The van der Waals surface area contributed by atoms with Crippen LogP contribution in [-0.2, 0) is 15.9 Å². The molecule has 0 saturated carbocycles. The molecule has 0 unspecified atom stereocenters. The van der Waals surface area contributed by atoms with Crippen LogP contribution in [0.4, 0.5) is 4.39 Å². The lowest BCUT2D eigenvalue weighted by Gasteiger charge is -2.07. The van der Waals surface area contributed by atoms with E-state index in [1.165, 1.54) is 43.5 Å². The first-order valence-electron chi connectivity index (χ1n) is 5.79. The molecule has 0 aromatic heterocycles. The summed E-state index contributed by atoms with van der Waals surface area (Å²) in [5, 5.41) is 0. The molecule has 0 fully saturated rings. The van der Waals surface area contributed by atoms with Gasteiger partial charge in [0.25, 0.3) is 0 Å². The summed E-state index contributed by atoms with van der Waals surface area (Å²) in [6.45, 7) is 0. The van der Waals surface area contributed by atoms with Crippen molar-refractivity contribution in [2.24, 2.45) is 0 Å². The molecule has 2 aromatic rings. The Labute approximate surface area is 116 Å². The van der Waals surface area contributed by atoms with E-state index >= 15 is 0 Å². The molecule has 0 bridgehead atoms. The van der Waals surface area contributed by atoms with E-state index in [1.54, 1.807) is 12.1 Å². The summed E-state index contributed by atoms with van der Waals surface area (Å²) in [6.07, 6.45) is 0. The molecule has 0 amide bonds. The molecule has 106 valence electrons. The van der Waals surface area contributed by atoms with E-state index in [0.717, 1.165) is 0 Å². The van der Waals surface area contributed by atoms with E-state index in [9.17, 15) is 12.8 Å². The number of ether oxygens (including phenoxy) is 1. The van der Waals surface area contributed by atoms with Crippen LogP contribution >= 0.6 is 0 Å². The molecule has 4 nitrogen and oxygen atoms in total. The SMILES string of the molecule is COc1ccc(OS(=O)(=O)Cc2ccc(F)cc2)cc1. The van der Waals surface area contributed by atoms with Crippen molar-refractivity contribution in [1.82, 2.24) is 0 Å². The number of hydrogen-bond donors (Lipinski definition) is 0. The summed E-state index contributed by atoms with van der Waals surface area (Å²) in [6, 6.07) is 11.4. The van der Waals surface area contributed by atoms with Crippen molar-refractivity contribution in [3.8, 4) is 11.5 Å². The Balaban J connectivity index is 2.08. The fourth-order valence-corrected chi connectivity index (χ4v) is 2.66. The third kappa shape index (κ3) is 3.96. The molecule has 2 aromatic carbocycles.